The zero-order valence-corrected chi connectivity index (χ0v) is 12.4. The van der Waals surface area contributed by atoms with Gasteiger partial charge < -0.3 is 5.32 Å². The molecule has 0 aliphatic rings. The third kappa shape index (κ3) is 5.22. The van der Waals surface area contributed by atoms with E-state index in [-0.39, 0.29) is 9.89 Å². The fourth-order valence-electron chi connectivity index (χ4n) is 1.23. The molecule has 0 spiro atoms. The molecule has 4 nitrogen and oxygen atoms in total. The number of hydrogen-bond acceptors (Lipinski definition) is 3. The molecule has 0 saturated heterocycles. The first kappa shape index (κ1) is 16.0. The molecule has 0 saturated carbocycles. The molecule has 0 radical (unpaired) electrons. The average Bonchev–Trinajstić information content (AvgIpc) is 2.21. The molecule has 1 aromatic heterocycles. The minimum absolute atomic E-state index is 0.0275. The van der Waals surface area contributed by atoms with Crippen molar-refractivity contribution in [3.05, 3.63) is 21.0 Å². The van der Waals surface area contributed by atoms with Gasteiger partial charge in [-0.3, -0.25) is 4.79 Å². The quantitative estimate of drug-likeness (QED) is 0.919. The van der Waals surface area contributed by atoms with Crippen molar-refractivity contribution in [3.8, 4) is 0 Å². The van der Waals surface area contributed by atoms with Crippen LogP contribution in [0.1, 0.15) is 20.8 Å². The summed E-state index contributed by atoms with van der Waals surface area (Å²) in [7, 11) is 0. The summed E-state index contributed by atoms with van der Waals surface area (Å²) < 4.78 is 37.1. The fraction of sp³-hybridized carbons (Fsp3) is 0.636. The van der Waals surface area contributed by atoms with E-state index in [9.17, 15) is 18.0 Å². The summed E-state index contributed by atoms with van der Waals surface area (Å²) in [5.74, 6) is 0. The maximum atomic E-state index is 12.2. The van der Waals surface area contributed by atoms with Crippen molar-refractivity contribution >= 4 is 21.6 Å². The van der Waals surface area contributed by atoms with Crippen LogP contribution in [0.5, 0.6) is 0 Å². The number of nitrogens with zero attached hydrogens (tertiary/aromatic N) is 2. The van der Waals surface area contributed by atoms with Crippen molar-refractivity contribution in [2.75, 3.05) is 11.9 Å². The second-order valence-electron chi connectivity index (χ2n) is 5.36. The Labute approximate surface area is 117 Å². The van der Waals surface area contributed by atoms with Crippen LogP contribution in [0.4, 0.5) is 18.9 Å². The maximum Gasteiger partial charge on any atom is 0.408 e. The third-order valence-corrected chi connectivity index (χ3v) is 2.89. The lowest BCUT2D eigenvalue weighted by atomic mass is 9.97. The summed E-state index contributed by atoms with van der Waals surface area (Å²) in [4.78, 5) is 11.7. The molecule has 108 valence electrons. The van der Waals surface area contributed by atoms with E-state index < -0.39 is 18.3 Å². The van der Waals surface area contributed by atoms with Gasteiger partial charge in [-0.1, -0.05) is 20.8 Å². The summed E-state index contributed by atoms with van der Waals surface area (Å²) in [6.07, 6.45) is -3.26. The lowest BCUT2D eigenvalue weighted by Crippen LogP contribution is -2.31. The SMILES string of the molecule is CC(C)(C)CNc1cnn(CC(F)(F)F)c(=O)c1Br. The predicted molar refractivity (Wildman–Crippen MR) is 70.2 cm³/mol. The zero-order valence-electron chi connectivity index (χ0n) is 10.8. The molecule has 0 amide bonds. The van der Waals surface area contributed by atoms with Crippen molar-refractivity contribution in [1.82, 2.24) is 9.78 Å². The minimum atomic E-state index is -4.48. The lowest BCUT2D eigenvalue weighted by molar-refractivity contribution is -0.143. The Morgan fingerprint density at radius 1 is 1.37 bits per heavy atom. The van der Waals surface area contributed by atoms with Gasteiger partial charge in [-0.05, 0) is 21.3 Å². The summed E-state index contributed by atoms with van der Waals surface area (Å²) in [5.41, 5.74) is -0.449. The molecular weight excluding hydrogens is 327 g/mol. The molecule has 1 rings (SSSR count). The molecule has 0 aromatic carbocycles. The first-order valence-electron chi connectivity index (χ1n) is 5.56. The van der Waals surface area contributed by atoms with E-state index in [1.807, 2.05) is 20.8 Å². The van der Waals surface area contributed by atoms with E-state index in [0.29, 0.717) is 16.9 Å². The van der Waals surface area contributed by atoms with E-state index in [0.717, 1.165) is 0 Å². The Bertz CT molecular complexity index is 505. The van der Waals surface area contributed by atoms with Gasteiger partial charge in [-0.25, -0.2) is 4.68 Å². The largest absolute Gasteiger partial charge is 0.408 e. The van der Waals surface area contributed by atoms with E-state index >= 15 is 0 Å². The van der Waals surface area contributed by atoms with Gasteiger partial charge >= 0.3 is 6.18 Å². The highest BCUT2D eigenvalue weighted by atomic mass is 79.9. The molecule has 1 heterocycles. The number of aromatic nitrogens is 2. The fourth-order valence-corrected chi connectivity index (χ4v) is 1.68. The van der Waals surface area contributed by atoms with Gasteiger partial charge in [0.25, 0.3) is 5.56 Å². The van der Waals surface area contributed by atoms with Crippen molar-refractivity contribution in [1.29, 1.82) is 0 Å². The standard InChI is InChI=1S/C11H15BrF3N3O/c1-10(2,3)5-16-7-4-17-18(6-11(13,14)15)9(19)8(7)12/h4,16H,5-6H2,1-3H3. The average molecular weight is 342 g/mol. The van der Waals surface area contributed by atoms with Gasteiger partial charge in [0.2, 0.25) is 0 Å². The highest BCUT2D eigenvalue weighted by molar-refractivity contribution is 9.10. The molecule has 0 unspecified atom stereocenters. The second-order valence-corrected chi connectivity index (χ2v) is 6.16. The Kier molecular flexibility index (Phi) is 4.65. The van der Waals surface area contributed by atoms with E-state index in [1.54, 1.807) is 0 Å². The lowest BCUT2D eigenvalue weighted by Gasteiger charge is -2.20. The Morgan fingerprint density at radius 2 is 1.95 bits per heavy atom. The number of nitrogens with one attached hydrogen (secondary N) is 1. The van der Waals surface area contributed by atoms with E-state index in [1.165, 1.54) is 6.20 Å². The smallest absolute Gasteiger partial charge is 0.382 e. The first-order valence-corrected chi connectivity index (χ1v) is 6.35. The van der Waals surface area contributed by atoms with Gasteiger partial charge in [0.15, 0.2) is 0 Å². The molecule has 0 aliphatic heterocycles. The van der Waals surface area contributed by atoms with Crippen LogP contribution in [-0.4, -0.2) is 22.5 Å². The molecule has 1 N–H and O–H groups in total. The van der Waals surface area contributed by atoms with Crippen molar-refractivity contribution in [2.45, 2.75) is 33.5 Å². The summed E-state index contributed by atoms with van der Waals surface area (Å²) >= 11 is 3.00. The van der Waals surface area contributed by atoms with Crippen LogP contribution in [0.25, 0.3) is 0 Å². The summed E-state index contributed by atoms with van der Waals surface area (Å²) in [6.45, 7) is 5.14. The van der Waals surface area contributed by atoms with Crippen LogP contribution in [0.3, 0.4) is 0 Å². The highest BCUT2D eigenvalue weighted by Crippen LogP contribution is 2.21. The molecule has 0 fully saturated rings. The molecule has 8 heteroatoms. The maximum absolute atomic E-state index is 12.2. The van der Waals surface area contributed by atoms with Crippen LogP contribution in [-0.2, 0) is 6.54 Å². The van der Waals surface area contributed by atoms with Crippen molar-refractivity contribution < 1.29 is 13.2 Å². The zero-order chi connectivity index (χ0) is 14.8. The van der Waals surface area contributed by atoms with Gasteiger partial charge in [0, 0.05) is 6.54 Å². The number of anilines is 1. The van der Waals surface area contributed by atoms with Gasteiger partial charge in [0.1, 0.15) is 11.0 Å². The van der Waals surface area contributed by atoms with E-state index in [4.69, 9.17) is 0 Å². The van der Waals surface area contributed by atoms with Crippen LogP contribution >= 0.6 is 15.9 Å². The van der Waals surface area contributed by atoms with Crippen molar-refractivity contribution in [3.63, 3.8) is 0 Å². The van der Waals surface area contributed by atoms with Crippen LogP contribution in [0, 0.1) is 5.41 Å². The minimum Gasteiger partial charge on any atom is -0.382 e. The highest BCUT2D eigenvalue weighted by Gasteiger charge is 2.29. The summed E-state index contributed by atoms with van der Waals surface area (Å²) in [6, 6.07) is 0. The molecule has 0 aliphatic carbocycles. The van der Waals surface area contributed by atoms with Gasteiger partial charge in [-0.2, -0.15) is 18.3 Å². The molecule has 19 heavy (non-hydrogen) atoms. The predicted octanol–water partition coefficient (Wildman–Crippen LogP) is 3.03. The molecule has 0 atom stereocenters. The molecule has 1 aromatic rings. The van der Waals surface area contributed by atoms with Gasteiger partial charge in [-0.15, -0.1) is 0 Å². The number of rotatable bonds is 3. The molecular formula is C11H15BrF3N3O. The van der Waals surface area contributed by atoms with E-state index in [2.05, 4.69) is 26.3 Å². The third-order valence-electron chi connectivity index (χ3n) is 2.12. The molecule has 0 bridgehead atoms. The number of alkyl halides is 3. The van der Waals surface area contributed by atoms with Gasteiger partial charge in [0.05, 0.1) is 11.9 Å². The second kappa shape index (κ2) is 5.52. The topological polar surface area (TPSA) is 46.9 Å². The van der Waals surface area contributed by atoms with Crippen molar-refractivity contribution in [2.24, 2.45) is 5.41 Å². The Morgan fingerprint density at radius 3 is 2.42 bits per heavy atom. The first-order chi connectivity index (χ1) is 8.49. The summed E-state index contributed by atoms with van der Waals surface area (Å²) in [5, 5.41) is 6.50. The van der Waals surface area contributed by atoms with Crippen LogP contribution < -0.4 is 10.9 Å². The Balaban J connectivity index is 2.95. The Hall–Kier alpha value is -1.05. The number of halogens is 4. The monoisotopic (exact) mass is 341 g/mol. The normalized spacial score (nSPS) is 12.6. The van der Waals surface area contributed by atoms with Crippen LogP contribution in [0.2, 0.25) is 0 Å². The number of hydrogen-bond donors (Lipinski definition) is 1. The van der Waals surface area contributed by atoms with Crippen LogP contribution in [0.15, 0.2) is 15.5 Å².